The SMILES string of the molecule is CC(C)(C)c1cc(Oc2[c-]c(-c3cc(C(C)(C)C)ccn3)ccc2)[c-]c(N2[CH-]n3c(nc4ccccc43)-c3ccccc32)c1.[Pt]. The Morgan fingerprint density at radius 3 is 2.29 bits per heavy atom. The van der Waals surface area contributed by atoms with Crippen LogP contribution in [0.25, 0.3) is 33.7 Å². The molecule has 2 aromatic heterocycles. The normalized spacial score (nSPS) is 12.6. The van der Waals surface area contributed by atoms with Gasteiger partial charge in [-0.25, -0.2) is 0 Å². The minimum atomic E-state index is -0.118. The van der Waals surface area contributed by atoms with Gasteiger partial charge < -0.3 is 24.2 Å². The molecule has 5 nitrogen and oxygen atoms in total. The first-order valence-corrected chi connectivity index (χ1v) is 15.0. The third-order valence-corrected chi connectivity index (χ3v) is 8.08. The van der Waals surface area contributed by atoms with Crippen LogP contribution in [0.5, 0.6) is 11.5 Å². The van der Waals surface area contributed by atoms with Crippen LogP contribution in [-0.4, -0.2) is 14.5 Å². The van der Waals surface area contributed by atoms with Gasteiger partial charge in [-0.15, -0.1) is 47.5 Å². The summed E-state index contributed by atoms with van der Waals surface area (Å²) in [6.45, 7) is 15.4. The van der Waals surface area contributed by atoms with Crippen LogP contribution in [0.1, 0.15) is 52.7 Å². The molecule has 0 fully saturated rings. The zero-order chi connectivity index (χ0) is 30.6. The fraction of sp³-hybridized carbons (Fsp3) is 0.205. The fourth-order valence-electron chi connectivity index (χ4n) is 5.56. The summed E-state index contributed by atoms with van der Waals surface area (Å²) >= 11 is 0. The first kappa shape index (κ1) is 30.7. The molecule has 4 aromatic carbocycles. The van der Waals surface area contributed by atoms with Gasteiger partial charge in [0, 0.05) is 55.8 Å². The molecule has 0 amide bonds. The van der Waals surface area contributed by atoms with E-state index in [0.717, 1.165) is 50.6 Å². The molecule has 0 aliphatic carbocycles. The molecular formula is C39H35N4OPt-3. The molecule has 1 aliphatic heterocycles. The predicted molar refractivity (Wildman–Crippen MR) is 178 cm³/mol. The van der Waals surface area contributed by atoms with Crippen molar-refractivity contribution in [3.8, 4) is 34.1 Å². The molecule has 6 aromatic rings. The van der Waals surface area contributed by atoms with E-state index in [1.54, 1.807) is 0 Å². The summed E-state index contributed by atoms with van der Waals surface area (Å²) in [5.41, 5.74) is 9.05. The molecule has 0 radical (unpaired) electrons. The van der Waals surface area contributed by atoms with Crippen LogP contribution in [0.15, 0.2) is 97.2 Å². The van der Waals surface area contributed by atoms with Crippen molar-refractivity contribution in [2.24, 2.45) is 0 Å². The van der Waals surface area contributed by atoms with Crippen LogP contribution in [0.4, 0.5) is 11.4 Å². The van der Waals surface area contributed by atoms with Gasteiger partial charge in [-0.3, -0.25) is 0 Å². The minimum absolute atomic E-state index is 0. The largest absolute Gasteiger partial charge is 0.503 e. The quantitative estimate of drug-likeness (QED) is 0.168. The Morgan fingerprint density at radius 2 is 1.49 bits per heavy atom. The molecular weight excluding hydrogens is 736 g/mol. The maximum atomic E-state index is 6.52. The Balaban J connectivity index is 0.00000357. The van der Waals surface area contributed by atoms with E-state index in [1.807, 2.05) is 36.5 Å². The molecule has 0 bridgehead atoms. The summed E-state index contributed by atoms with van der Waals surface area (Å²) in [6.07, 6.45) is 1.87. The van der Waals surface area contributed by atoms with Crippen molar-refractivity contribution >= 4 is 22.4 Å². The standard InChI is InChI=1S/C39H35N4O.Pt/c1-38(2,3)27-18-19-40-34(23-27)26-12-11-13-30(20-26)44-31-22-28(39(4,5)6)21-29(24-31)42-25-43-36-17-10-8-15-33(36)41-37(43)32-14-7-9-16-35(32)42;/h7-19,21-23,25H,1-6H3;/q-3;. The van der Waals surface area contributed by atoms with Crippen molar-refractivity contribution in [3.63, 3.8) is 0 Å². The number of nitrogens with zero attached hydrogens (tertiary/aromatic N) is 4. The molecule has 7 rings (SSSR count). The predicted octanol–water partition coefficient (Wildman–Crippen LogP) is 9.87. The van der Waals surface area contributed by atoms with E-state index in [2.05, 4.69) is 135 Å². The number of anilines is 2. The average molecular weight is 771 g/mol. The number of imidazole rings is 1. The van der Waals surface area contributed by atoms with Gasteiger partial charge in [-0.2, -0.15) is 0 Å². The third-order valence-electron chi connectivity index (χ3n) is 8.08. The van der Waals surface area contributed by atoms with Gasteiger partial charge in [0.1, 0.15) is 0 Å². The molecule has 0 N–H and O–H groups in total. The number of hydrogen-bond acceptors (Lipinski definition) is 4. The van der Waals surface area contributed by atoms with Crippen molar-refractivity contribution in [3.05, 3.63) is 127 Å². The second-order valence-corrected chi connectivity index (χ2v) is 13.4. The number of rotatable bonds is 4. The van der Waals surface area contributed by atoms with Gasteiger partial charge in [0.05, 0.1) is 0 Å². The number of aromatic nitrogens is 3. The molecule has 0 spiro atoms. The second-order valence-electron chi connectivity index (χ2n) is 13.4. The smallest absolute Gasteiger partial charge is 0.0421 e. The number of hydrogen-bond donors (Lipinski definition) is 0. The summed E-state index contributed by atoms with van der Waals surface area (Å²) in [5.74, 6) is 2.17. The van der Waals surface area contributed by atoms with Crippen molar-refractivity contribution in [1.82, 2.24) is 14.5 Å². The molecule has 6 heteroatoms. The maximum Gasteiger partial charge on any atom is 0.0421 e. The third kappa shape index (κ3) is 5.90. The van der Waals surface area contributed by atoms with Crippen LogP contribution in [-0.2, 0) is 31.9 Å². The average Bonchev–Trinajstić information content (AvgIpc) is 3.39. The van der Waals surface area contributed by atoms with Gasteiger partial charge >= 0.3 is 0 Å². The molecule has 0 saturated heterocycles. The Morgan fingerprint density at radius 1 is 0.733 bits per heavy atom. The number of pyridine rings is 1. The first-order chi connectivity index (χ1) is 21.0. The van der Waals surface area contributed by atoms with E-state index in [1.165, 1.54) is 5.56 Å². The molecule has 3 heterocycles. The van der Waals surface area contributed by atoms with Crippen LogP contribution in [0.2, 0.25) is 0 Å². The van der Waals surface area contributed by atoms with Gasteiger partial charge in [0.2, 0.25) is 0 Å². The van der Waals surface area contributed by atoms with Crippen molar-refractivity contribution in [1.29, 1.82) is 0 Å². The van der Waals surface area contributed by atoms with Crippen LogP contribution in [0, 0.1) is 18.8 Å². The summed E-state index contributed by atoms with van der Waals surface area (Å²) in [4.78, 5) is 11.8. The van der Waals surface area contributed by atoms with Gasteiger partial charge in [-0.1, -0.05) is 95.8 Å². The van der Waals surface area contributed by atoms with Gasteiger partial charge in [0.25, 0.3) is 0 Å². The molecule has 45 heavy (non-hydrogen) atoms. The van der Waals surface area contributed by atoms with E-state index in [0.29, 0.717) is 11.5 Å². The van der Waals surface area contributed by atoms with E-state index < -0.39 is 0 Å². The van der Waals surface area contributed by atoms with E-state index >= 15 is 0 Å². The molecule has 0 unspecified atom stereocenters. The van der Waals surface area contributed by atoms with Crippen LogP contribution < -0.4 is 9.64 Å². The van der Waals surface area contributed by atoms with Crippen molar-refractivity contribution < 1.29 is 25.8 Å². The zero-order valence-corrected chi connectivity index (χ0v) is 28.6. The number of ether oxygens (including phenoxy) is 1. The zero-order valence-electron chi connectivity index (χ0n) is 26.3. The fourth-order valence-corrected chi connectivity index (χ4v) is 5.56. The first-order valence-electron chi connectivity index (χ1n) is 15.0. The maximum absolute atomic E-state index is 6.52. The van der Waals surface area contributed by atoms with E-state index in [9.17, 15) is 0 Å². The topological polar surface area (TPSA) is 43.2 Å². The Hall–Kier alpha value is -4.34. The monoisotopic (exact) mass is 770 g/mol. The molecule has 230 valence electrons. The van der Waals surface area contributed by atoms with E-state index in [-0.39, 0.29) is 31.9 Å². The van der Waals surface area contributed by atoms with Gasteiger partial charge in [-0.05, 0) is 58.0 Å². The second kappa shape index (κ2) is 11.5. The molecule has 0 atom stereocenters. The number of fused-ring (bicyclic) bond motifs is 5. The Bertz CT molecular complexity index is 2010. The summed E-state index contributed by atoms with van der Waals surface area (Å²) < 4.78 is 8.68. The molecule has 0 saturated carbocycles. The Kier molecular flexibility index (Phi) is 7.87. The number of benzene rings is 4. The van der Waals surface area contributed by atoms with Crippen molar-refractivity contribution in [2.75, 3.05) is 4.90 Å². The Labute approximate surface area is 280 Å². The van der Waals surface area contributed by atoms with Crippen LogP contribution in [0.3, 0.4) is 0 Å². The summed E-state index contributed by atoms with van der Waals surface area (Å²) in [7, 11) is 0. The molecule has 1 aliphatic rings. The van der Waals surface area contributed by atoms with Gasteiger partial charge in [0.15, 0.2) is 0 Å². The van der Waals surface area contributed by atoms with Crippen molar-refractivity contribution in [2.45, 2.75) is 52.4 Å². The summed E-state index contributed by atoms with van der Waals surface area (Å²) in [6, 6.07) is 38.1. The van der Waals surface area contributed by atoms with E-state index in [4.69, 9.17) is 9.72 Å². The number of para-hydroxylation sites is 3. The van der Waals surface area contributed by atoms with Crippen LogP contribution >= 0.6 is 0 Å². The summed E-state index contributed by atoms with van der Waals surface area (Å²) in [5, 5.41) is 0. The minimum Gasteiger partial charge on any atom is -0.503 e.